The number of sulfonamides is 1. The van der Waals surface area contributed by atoms with Crippen molar-refractivity contribution in [3.63, 3.8) is 0 Å². The molecule has 1 aliphatic rings. The second kappa shape index (κ2) is 5.64. The van der Waals surface area contributed by atoms with Crippen molar-refractivity contribution < 1.29 is 12.8 Å². The maximum atomic E-state index is 13.6. The minimum atomic E-state index is -3.81. The van der Waals surface area contributed by atoms with Gasteiger partial charge >= 0.3 is 0 Å². The van der Waals surface area contributed by atoms with Crippen molar-refractivity contribution in [2.24, 2.45) is 0 Å². The highest BCUT2D eigenvalue weighted by Crippen LogP contribution is 2.20. The maximum absolute atomic E-state index is 13.6. The van der Waals surface area contributed by atoms with Crippen LogP contribution in [0, 0.1) is 5.82 Å². The number of piperidine rings is 1. The second-order valence-electron chi connectivity index (χ2n) is 4.24. The fourth-order valence-corrected chi connectivity index (χ4v) is 3.80. The molecule has 7 heteroatoms. The summed E-state index contributed by atoms with van der Waals surface area (Å²) in [4.78, 5) is -0.317. The molecule has 1 atom stereocenters. The molecule has 0 amide bonds. The Balaban J connectivity index is 2.21. The largest absolute Gasteiger partial charge is 0.315 e. The van der Waals surface area contributed by atoms with Crippen LogP contribution < -0.4 is 10.0 Å². The van der Waals surface area contributed by atoms with Crippen molar-refractivity contribution in [3.8, 4) is 0 Å². The Bertz CT molecular complexity index is 530. The quantitative estimate of drug-likeness (QED) is 0.881. The lowest BCUT2D eigenvalue weighted by atomic mass is 10.1. The molecule has 0 radical (unpaired) electrons. The van der Waals surface area contributed by atoms with Crippen LogP contribution in [-0.4, -0.2) is 27.5 Å². The van der Waals surface area contributed by atoms with Crippen LogP contribution in [-0.2, 0) is 10.0 Å². The summed E-state index contributed by atoms with van der Waals surface area (Å²) in [5, 5.41) is 3.10. The van der Waals surface area contributed by atoms with Crippen molar-refractivity contribution in [2.45, 2.75) is 23.8 Å². The van der Waals surface area contributed by atoms with Gasteiger partial charge in [-0.1, -0.05) is 15.9 Å². The summed E-state index contributed by atoms with van der Waals surface area (Å²) in [6.07, 6.45) is 1.68. The molecule has 1 aromatic carbocycles. The van der Waals surface area contributed by atoms with Gasteiger partial charge in [-0.3, -0.25) is 0 Å². The van der Waals surface area contributed by atoms with Crippen molar-refractivity contribution >= 4 is 26.0 Å². The van der Waals surface area contributed by atoms with Crippen LogP contribution >= 0.6 is 15.9 Å². The van der Waals surface area contributed by atoms with Crippen LogP contribution in [0.5, 0.6) is 0 Å². The molecular weight excluding hydrogens is 323 g/mol. The molecular formula is C11H14BrFN2O2S. The van der Waals surface area contributed by atoms with Crippen molar-refractivity contribution in [1.29, 1.82) is 0 Å². The Morgan fingerprint density at radius 2 is 2.22 bits per heavy atom. The maximum Gasteiger partial charge on any atom is 0.243 e. The van der Waals surface area contributed by atoms with E-state index in [0.29, 0.717) is 11.0 Å². The van der Waals surface area contributed by atoms with E-state index in [1.165, 1.54) is 12.1 Å². The molecule has 4 nitrogen and oxygen atoms in total. The summed E-state index contributed by atoms with van der Waals surface area (Å²) in [7, 11) is -3.81. The molecule has 2 rings (SSSR count). The summed E-state index contributed by atoms with van der Waals surface area (Å²) in [5.74, 6) is -0.741. The predicted molar refractivity (Wildman–Crippen MR) is 70.3 cm³/mol. The molecule has 1 heterocycles. The van der Waals surface area contributed by atoms with Crippen molar-refractivity contribution in [3.05, 3.63) is 28.5 Å². The molecule has 1 saturated heterocycles. The van der Waals surface area contributed by atoms with E-state index in [0.717, 1.165) is 25.5 Å². The minimum Gasteiger partial charge on any atom is -0.315 e. The van der Waals surface area contributed by atoms with Gasteiger partial charge < -0.3 is 5.32 Å². The minimum absolute atomic E-state index is 0.179. The van der Waals surface area contributed by atoms with Gasteiger partial charge in [-0.25, -0.2) is 17.5 Å². The van der Waals surface area contributed by atoms with Crippen LogP contribution in [0.2, 0.25) is 0 Å². The average Bonchev–Trinajstić information content (AvgIpc) is 2.33. The Kier molecular flexibility index (Phi) is 4.37. The Labute approximate surface area is 114 Å². The topological polar surface area (TPSA) is 58.2 Å². The molecule has 1 aromatic rings. The number of nitrogens with one attached hydrogen (secondary N) is 2. The van der Waals surface area contributed by atoms with Gasteiger partial charge in [-0.05, 0) is 37.6 Å². The van der Waals surface area contributed by atoms with E-state index in [1.807, 2.05) is 0 Å². The van der Waals surface area contributed by atoms with Gasteiger partial charge in [0.1, 0.15) is 10.7 Å². The summed E-state index contributed by atoms with van der Waals surface area (Å²) >= 11 is 3.14. The lowest BCUT2D eigenvalue weighted by molar-refractivity contribution is 0.427. The van der Waals surface area contributed by atoms with E-state index in [-0.39, 0.29) is 10.9 Å². The summed E-state index contributed by atoms with van der Waals surface area (Å²) in [6, 6.07) is 3.70. The van der Waals surface area contributed by atoms with Gasteiger partial charge in [0.15, 0.2) is 0 Å². The first-order chi connectivity index (χ1) is 8.49. The van der Waals surface area contributed by atoms with Crippen LogP contribution in [0.1, 0.15) is 12.8 Å². The average molecular weight is 337 g/mol. The van der Waals surface area contributed by atoms with Crippen molar-refractivity contribution in [2.75, 3.05) is 13.1 Å². The Morgan fingerprint density at radius 3 is 2.89 bits per heavy atom. The fraction of sp³-hybridized carbons (Fsp3) is 0.455. The highest BCUT2D eigenvalue weighted by molar-refractivity contribution is 9.10. The van der Waals surface area contributed by atoms with Crippen LogP contribution in [0.25, 0.3) is 0 Å². The van der Waals surface area contributed by atoms with E-state index in [2.05, 4.69) is 26.0 Å². The lowest BCUT2D eigenvalue weighted by Crippen LogP contribution is -2.45. The van der Waals surface area contributed by atoms with Gasteiger partial charge in [0.05, 0.1) is 0 Å². The standard InChI is InChI=1S/C11H14BrFN2O2S/c12-8-3-4-10(13)11(6-8)18(16,17)15-9-2-1-5-14-7-9/h3-4,6,9,14-15H,1-2,5,7H2. The molecule has 2 N–H and O–H groups in total. The number of halogens is 2. The fourth-order valence-electron chi connectivity index (χ4n) is 1.92. The molecule has 100 valence electrons. The molecule has 0 bridgehead atoms. The number of benzene rings is 1. The third kappa shape index (κ3) is 3.28. The van der Waals surface area contributed by atoms with Gasteiger partial charge in [0.25, 0.3) is 0 Å². The molecule has 18 heavy (non-hydrogen) atoms. The smallest absolute Gasteiger partial charge is 0.243 e. The zero-order valence-corrected chi connectivity index (χ0v) is 12.0. The molecule has 0 spiro atoms. The first-order valence-electron chi connectivity index (χ1n) is 5.67. The molecule has 0 aliphatic carbocycles. The molecule has 1 unspecified atom stereocenters. The third-order valence-electron chi connectivity index (χ3n) is 2.80. The van der Waals surface area contributed by atoms with Crippen LogP contribution in [0.3, 0.4) is 0 Å². The third-order valence-corrected chi connectivity index (χ3v) is 4.83. The van der Waals surface area contributed by atoms with E-state index in [9.17, 15) is 12.8 Å². The zero-order chi connectivity index (χ0) is 13.2. The molecule has 0 aromatic heterocycles. The number of hydrogen-bond acceptors (Lipinski definition) is 3. The number of hydrogen-bond donors (Lipinski definition) is 2. The second-order valence-corrected chi connectivity index (χ2v) is 6.84. The SMILES string of the molecule is O=S(=O)(NC1CCCNC1)c1cc(Br)ccc1F. The van der Waals surface area contributed by atoms with E-state index >= 15 is 0 Å². The van der Waals surface area contributed by atoms with Crippen LogP contribution in [0.15, 0.2) is 27.6 Å². The van der Waals surface area contributed by atoms with E-state index in [4.69, 9.17) is 0 Å². The molecule has 0 saturated carbocycles. The predicted octanol–water partition coefficient (Wildman–Crippen LogP) is 1.62. The normalized spacial score (nSPS) is 20.9. The summed E-state index contributed by atoms with van der Waals surface area (Å²) < 4.78 is 40.8. The summed E-state index contributed by atoms with van der Waals surface area (Å²) in [5.41, 5.74) is 0. The van der Waals surface area contributed by atoms with Gasteiger partial charge in [0.2, 0.25) is 10.0 Å². The van der Waals surface area contributed by atoms with Gasteiger partial charge in [-0.2, -0.15) is 0 Å². The molecule has 1 aliphatic heterocycles. The summed E-state index contributed by atoms with van der Waals surface area (Å²) in [6.45, 7) is 1.47. The van der Waals surface area contributed by atoms with Crippen molar-refractivity contribution in [1.82, 2.24) is 10.0 Å². The Morgan fingerprint density at radius 1 is 1.44 bits per heavy atom. The zero-order valence-electron chi connectivity index (χ0n) is 9.62. The monoisotopic (exact) mass is 336 g/mol. The van der Waals surface area contributed by atoms with E-state index < -0.39 is 15.8 Å². The molecule has 1 fully saturated rings. The van der Waals surface area contributed by atoms with E-state index in [1.54, 1.807) is 0 Å². The van der Waals surface area contributed by atoms with Gasteiger partial charge in [0, 0.05) is 17.1 Å². The number of rotatable bonds is 3. The first-order valence-corrected chi connectivity index (χ1v) is 7.95. The first kappa shape index (κ1) is 13.9. The highest BCUT2D eigenvalue weighted by atomic mass is 79.9. The van der Waals surface area contributed by atoms with Crippen LogP contribution in [0.4, 0.5) is 4.39 Å². The van der Waals surface area contributed by atoms with Gasteiger partial charge in [-0.15, -0.1) is 0 Å². The Hall–Kier alpha value is -0.500. The highest BCUT2D eigenvalue weighted by Gasteiger charge is 2.24. The lowest BCUT2D eigenvalue weighted by Gasteiger charge is -2.23.